The van der Waals surface area contributed by atoms with Crippen molar-refractivity contribution in [2.24, 2.45) is 4.99 Å². The molecule has 1 unspecified atom stereocenters. The number of rotatable bonds is 5. The van der Waals surface area contributed by atoms with Crippen molar-refractivity contribution in [1.82, 2.24) is 15.6 Å². The number of benzene rings is 1. The lowest BCUT2D eigenvalue weighted by molar-refractivity contribution is 0.408. The van der Waals surface area contributed by atoms with Crippen molar-refractivity contribution in [3.63, 3.8) is 0 Å². The number of piperidine rings is 1. The van der Waals surface area contributed by atoms with Gasteiger partial charge in [-0.05, 0) is 25.0 Å². The largest absolute Gasteiger partial charge is 0.495 e. The van der Waals surface area contributed by atoms with E-state index in [9.17, 15) is 0 Å². The molecule has 2 N–H and O–H groups in total. The molecular formula is C22H34IN5OS. The van der Waals surface area contributed by atoms with Gasteiger partial charge in [0.15, 0.2) is 5.96 Å². The van der Waals surface area contributed by atoms with E-state index in [2.05, 4.69) is 58.8 Å². The molecule has 0 spiro atoms. The van der Waals surface area contributed by atoms with Gasteiger partial charge in [0.05, 0.1) is 25.0 Å². The van der Waals surface area contributed by atoms with E-state index in [0.717, 1.165) is 54.0 Å². The molecule has 2 aromatic rings. The molecule has 166 valence electrons. The number of hydrogen-bond donors (Lipinski definition) is 2. The van der Waals surface area contributed by atoms with Crippen molar-refractivity contribution in [2.75, 3.05) is 32.1 Å². The zero-order valence-electron chi connectivity index (χ0n) is 18.6. The molecule has 1 fully saturated rings. The molecule has 1 aromatic heterocycles. The summed E-state index contributed by atoms with van der Waals surface area (Å²) < 4.78 is 5.55. The number of para-hydroxylation sites is 2. The highest BCUT2D eigenvalue weighted by Gasteiger charge is 2.23. The maximum Gasteiger partial charge on any atom is 0.191 e. The molecule has 2 heterocycles. The molecule has 6 nitrogen and oxygen atoms in total. The van der Waals surface area contributed by atoms with Gasteiger partial charge in [-0.25, -0.2) is 4.98 Å². The molecule has 30 heavy (non-hydrogen) atoms. The van der Waals surface area contributed by atoms with Gasteiger partial charge in [-0.15, -0.1) is 35.3 Å². The smallest absolute Gasteiger partial charge is 0.191 e. The number of aliphatic imine (C=N–C) groups is 1. The molecule has 0 saturated carbocycles. The number of nitrogens with one attached hydrogen (secondary N) is 2. The summed E-state index contributed by atoms with van der Waals surface area (Å²) >= 11 is 1.70. The maximum absolute atomic E-state index is 5.55. The van der Waals surface area contributed by atoms with Crippen LogP contribution in [0.25, 0.3) is 0 Å². The zero-order chi connectivity index (χ0) is 20.9. The second-order valence-corrected chi connectivity index (χ2v) is 9.35. The van der Waals surface area contributed by atoms with Crippen LogP contribution in [0.15, 0.2) is 34.6 Å². The van der Waals surface area contributed by atoms with Crippen molar-refractivity contribution in [3.05, 3.63) is 40.3 Å². The fourth-order valence-electron chi connectivity index (χ4n) is 3.49. The second-order valence-electron chi connectivity index (χ2n) is 8.40. The summed E-state index contributed by atoms with van der Waals surface area (Å²) in [6.45, 7) is 9.22. The molecule has 1 aromatic carbocycles. The molecule has 0 aliphatic carbocycles. The van der Waals surface area contributed by atoms with E-state index >= 15 is 0 Å². The van der Waals surface area contributed by atoms with Crippen LogP contribution in [0.1, 0.15) is 44.3 Å². The molecule has 0 radical (unpaired) electrons. The third kappa shape index (κ3) is 6.47. The van der Waals surface area contributed by atoms with Crippen LogP contribution in [0.4, 0.5) is 5.69 Å². The Morgan fingerprint density at radius 3 is 2.77 bits per heavy atom. The van der Waals surface area contributed by atoms with E-state index < -0.39 is 0 Å². The lowest BCUT2D eigenvalue weighted by Gasteiger charge is -2.36. The van der Waals surface area contributed by atoms with Gasteiger partial charge in [-0.1, -0.05) is 32.9 Å². The highest BCUT2D eigenvalue weighted by Crippen LogP contribution is 2.30. The topological polar surface area (TPSA) is 61.8 Å². The minimum atomic E-state index is 0. The normalized spacial score (nSPS) is 17.3. The van der Waals surface area contributed by atoms with Crippen LogP contribution in [-0.2, 0) is 12.0 Å². The molecule has 0 amide bonds. The fourth-order valence-corrected chi connectivity index (χ4v) is 4.45. The molecule has 1 atom stereocenters. The third-order valence-corrected chi connectivity index (χ3v) is 5.99. The monoisotopic (exact) mass is 543 g/mol. The zero-order valence-corrected chi connectivity index (χ0v) is 21.7. The Morgan fingerprint density at radius 2 is 2.10 bits per heavy atom. The molecule has 3 rings (SSSR count). The predicted octanol–water partition coefficient (Wildman–Crippen LogP) is 4.40. The minimum absolute atomic E-state index is 0. The average molecular weight is 544 g/mol. The van der Waals surface area contributed by atoms with Gasteiger partial charge >= 0.3 is 0 Å². The van der Waals surface area contributed by atoms with Gasteiger partial charge in [0.2, 0.25) is 0 Å². The van der Waals surface area contributed by atoms with Gasteiger partial charge in [-0.3, -0.25) is 4.99 Å². The quantitative estimate of drug-likeness (QED) is 0.333. The summed E-state index contributed by atoms with van der Waals surface area (Å²) in [5.41, 5.74) is 2.38. The first-order chi connectivity index (χ1) is 13.9. The van der Waals surface area contributed by atoms with Gasteiger partial charge < -0.3 is 20.3 Å². The van der Waals surface area contributed by atoms with Crippen LogP contribution in [0.2, 0.25) is 0 Å². The Morgan fingerprint density at radius 1 is 1.33 bits per heavy atom. The molecule has 1 saturated heterocycles. The highest BCUT2D eigenvalue weighted by molar-refractivity contribution is 14.0. The number of anilines is 1. The first-order valence-corrected chi connectivity index (χ1v) is 11.1. The molecule has 1 aliphatic rings. The second kappa shape index (κ2) is 11.2. The molecular weight excluding hydrogens is 509 g/mol. The molecule has 8 heteroatoms. The first kappa shape index (κ1) is 24.7. The van der Waals surface area contributed by atoms with Crippen molar-refractivity contribution in [1.29, 1.82) is 0 Å². The summed E-state index contributed by atoms with van der Waals surface area (Å²) in [5, 5.41) is 10.2. The fraction of sp³-hybridized carbons (Fsp3) is 0.545. The predicted molar refractivity (Wildman–Crippen MR) is 138 cm³/mol. The van der Waals surface area contributed by atoms with E-state index in [1.54, 1.807) is 18.4 Å². The average Bonchev–Trinajstić information content (AvgIpc) is 3.21. The summed E-state index contributed by atoms with van der Waals surface area (Å²) in [6.07, 6.45) is 2.26. The Hall–Kier alpha value is -1.55. The Bertz CT molecular complexity index is 833. The van der Waals surface area contributed by atoms with Crippen LogP contribution < -0.4 is 20.3 Å². The number of nitrogens with zero attached hydrogens (tertiary/aromatic N) is 3. The Labute approximate surface area is 201 Å². The summed E-state index contributed by atoms with van der Waals surface area (Å²) in [7, 11) is 3.55. The molecule has 0 bridgehead atoms. The number of ether oxygens (including phenoxy) is 1. The van der Waals surface area contributed by atoms with Crippen molar-refractivity contribution >= 4 is 47.0 Å². The van der Waals surface area contributed by atoms with Gasteiger partial charge in [0, 0.05) is 37.0 Å². The minimum Gasteiger partial charge on any atom is -0.495 e. The maximum atomic E-state index is 5.55. The van der Waals surface area contributed by atoms with E-state index in [4.69, 9.17) is 9.72 Å². The van der Waals surface area contributed by atoms with Gasteiger partial charge in [-0.2, -0.15) is 0 Å². The van der Waals surface area contributed by atoms with Crippen LogP contribution >= 0.6 is 35.3 Å². The highest BCUT2D eigenvalue weighted by atomic mass is 127. The standard InChI is InChI=1S/C22H33N5OS.HI/c1-22(2,3)19-15-29-20(26-19)13-24-21(23-4)25-16-9-8-12-27(14-16)17-10-6-7-11-18(17)28-5;/h6-7,10-11,15-16H,8-9,12-14H2,1-5H3,(H2,23,24,25);1H. The van der Waals surface area contributed by atoms with E-state index in [0.29, 0.717) is 12.6 Å². The SMILES string of the molecule is CN=C(NCc1nc(C(C)(C)C)cs1)NC1CCCN(c2ccccc2OC)C1.I. The number of aromatic nitrogens is 1. The van der Waals surface area contributed by atoms with E-state index in [1.165, 1.54) is 0 Å². The molecule has 1 aliphatic heterocycles. The number of halogens is 1. The first-order valence-electron chi connectivity index (χ1n) is 10.2. The summed E-state index contributed by atoms with van der Waals surface area (Å²) in [4.78, 5) is 11.6. The lowest BCUT2D eigenvalue weighted by Crippen LogP contribution is -2.51. The Kier molecular flexibility index (Phi) is 9.21. The third-order valence-electron chi connectivity index (χ3n) is 5.14. The number of thiazole rings is 1. The number of hydrogen-bond acceptors (Lipinski definition) is 5. The summed E-state index contributed by atoms with van der Waals surface area (Å²) in [6, 6.07) is 8.56. The van der Waals surface area contributed by atoms with E-state index in [1.807, 2.05) is 19.2 Å². The Balaban J connectivity index is 0.00000320. The number of methoxy groups -OCH3 is 1. The van der Waals surface area contributed by atoms with Crippen LogP contribution in [0.3, 0.4) is 0 Å². The van der Waals surface area contributed by atoms with Crippen LogP contribution in [0.5, 0.6) is 5.75 Å². The van der Waals surface area contributed by atoms with Crippen molar-refractivity contribution in [3.8, 4) is 5.75 Å². The van der Waals surface area contributed by atoms with Gasteiger partial charge in [0.1, 0.15) is 10.8 Å². The van der Waals surface area contributed by atoms with Crippen molar-refractivity contribution in [2.45, 2.75) is 51.6 Å². The van der Waals surface area contributed by atoms with E-state index in [-0.39, 0.29) is 29.4 Å². The summed E-state index contributed by atoms with van der Waals surface area (Å²) in [5.74, 6) is 1.75. The van der Waals surface area contributed by atoms with Crippen LogP contribution in [-0.4, -0.2) is 44.2 Å². The lowest BCUT2D eigenvalue weighted by atomic mass is 9.93. The van der Waals surface area contributed by atoms with Crippen LogP contribution in [0, 0.1) is 0 Å². The van der Waals surface area contributed by atoms with Gasteiger partial charge in [0.25, 0.3) is 0 Å². The van der Waals surface area contributed by atoms with Crippen molar-refractivity contribution < 1.29 is 4.74 Å². The number of guanidine groups is 1.